The summed E-state index contributed by atoms with van der Waals surface area (Å²) in [5, 5.41) is 20.5. The number of hydrogen-bond donors (Lipinski definition) is 2. The summed E-state index contributed by atoms with van der Waals surface area (Å²) in [7, 11) is 0. The second kappa shape index (κ2) is 9.09. The molecule has 0 saturated carbocycles. The summed E-state index contributed by atoms with van der Waals surface area (Å²) in [6.07, 6.45) is 3.71. The first-order chi connectivity index (χ1) is 16.0. The lowest BCUT2D eigenvalue weighted by atomic mass is 9.66. The van der Waals surface area contributed by atoms with Crippen LogP contribution in [0.15, 0.2) is 12.7 Å². The molecule has 3 aliphatic rings. The number of carbonyl (C=O) groups excluding carboxylic acids is 2. The van der Waals surface area contributed by atoms with E-state index in [-0.39, 0.29) is 29.8 Å². The number of amides is 2. The van der Waals surface area contributed by atoms with Gasteiger partial charge < -0.3 is 20.0 Å². The van der Waals surface area contributed by atoms with Gasteiger partial charge >= 0.3 is 5.97 Å². The van der Waals surface area contributed by atoms with Gasteiger partial charge in [-0.25, -0.2) is 0 Å². The molecule has 2 N–H and O–H groups in total. The molecule has 6 atom stereocenters. The first-order valence-electron chi connectivity index (χ1n) is 12.8. The third-order valence-electron chi connectivity index (χ3n) is 8.30. The minimum absolute atomic E-state index is 0.0385. The number of aliphatic carboxylic acids is 1. The van der Waals surface area contributed by atoms with Gasteiger partial charge in [-0.3, -0.25) is 14.4 Å². The fourth-order valence-corrected chi connectivity index (χ4v) is 9.63. The highest BCUT2D eigenvalue weighted by Crippen LogP contribution is 2.71. The number of carboxylic acid groups (broad SMARTS) is 1. The minimum Gasteiger partial charge on any atom is -0.481 e. The zero-order chi connectivity index (χ0) is 26.7. The molecule has 3 rings (SSSR count). The number of rotatable bonds is 9. The van der Waals surface area contributed by atoms with Crippen molar-refractivity contribution in [2.75, 3.05) is 13.2 Å². The Kier molecular flexibility index (Phi) is 7.28. The van der Waals surface area contributed by atoms with Gasteiger partial charge in [0.05, 0.1) is 29.2 Å². The summed E-state index contributed by atoms with van der Waals surface area (Å²) in [6.45, 7) is 20.2. The van der Waals surface area contributed by atoms with Crippen molar-refractivity contribution in [3.63, 3.8) is 0 Å². The van der Waals surface area contributed by atoms with Crippen LogP contribution >= 0.6 is 11.8 Å². The van der Waals surface area contributed by atoms with E-state index < -0.39 is 44.9 Å². The van der Waals surface area contributed by atoms with Gasteiger partial charge in [0, 0.05) is 16.8 Å². The summed E-state index contributed by atoms with van der Waals surface area (Å²) >= 11 is 1.53. The lowest BCUT2D eigenvalue weighted by Gasteiger charge is -2.47. The lowest BCUT2D eigenvalue weighted by molar-refractivity contribution is -0.152. The highest BCUT2D eigenvalue weighted by Gasteiger charge is 2.78. The zero-order valence-electron chi connectivity index (χ0n) is 22.6. The smallest absolute Gasteiger partial charge is 0.308 e. The SMILES string of the molecule is C=CCN(C(=O)C1N([C@@H](CO)C(C)C)C(=O)[C@@H]2[C@H](C(=O)O)[C@]3(C)CCC12S3)C(C)(C)CC(C)(C)C. The lowest BCUT2D eigenvalue weighted by Crippen LogP contribution is -2.62. The van der Waals surface area contributed by atoms with Crippen molar-refractivity contribution in [1.82, 2.24) is 9.80 Å². The van der Waals surface area contributed by atoms with Crippen LogP contribution in [-0.2, 0) is 14.4 Å². The largest absolute Gasteiger partial charge is 0.481 e. The van der Waals surface area contributed by atoms with E-state index in [0.717, 1.165) is 6.42 Å². The molecule has 7 nitrogen and oxygen atoms in total. The molecule has 0 aromatic heterocycles. The molecule has 0 radical (unpaired) electrons. The highest BCUT2D eigenvalue weighted by molar-refractivity contribution is 8.02. The van der Waals surface area contributed by atoms with E-state index in [2.05, 4.69) is 27.4 Å². The van der Waals surface area contributed by atoms with Crippen molar-refractivity contribution in [2.24, 2.45) is 23.2 Å². The molecular formula is C27H44N2O5S. The van der Waals surface area contributed by atoms with Gasteiger partial charge in [0.2, 0.25) is 11.8 Å². The van der Waals surface area contributed by atoms with E-state index in [9.17, 15) is 24.6 Å². The third-order valence-corrected chi connectivity index (χ3v) is 10.3. The maximum atomic E-state index is 14.6. The van der Waals surface area contributed by atoms with Crippen LogP contribution < -0.4 is 0 Å². The van der Waals surface area contributed by atoms with Gasteiger partial charge in [0.25, 0.3) is 0 Å². The van der Waals surface area contributed by atoms with Crippen LogP contribution in [0.1, 0.15) is 74.7 Å². The predicted octanol–water partition coefficient (Wildman–Crippen LogP) is 3.80. The molecule has 3 aliphatic heterocycles. The maximum Gasteiger partial charge on any atom is 0.308 e. The maximum absolute atomic E-state index is 14.6. The van der Waals surface area contributed by atoms with Crippen LogP contribution in [0.3, 0.4) is 0 Å². The molecule has 0 aromatic carbocycles. The summed E-state index contributed by atoms with van der Waals surface area (Å²) in [4.78, 5) is 44.5. The molecule has 8 heteroatoms. The Morgan fingerprint density at radius 2 is 1.86 bits per heavy atom. The number of hydrogen-bond acceptors (Lipinski definition) is 5. The van der Waals surface area contributed by atoms with E-state index >= 15 is 0 Å². The van der Waals surface area contributed by atoms with Gasteiger partial charge in [-0.1, -0.05) is 40.7 Å². The quantitative estimate of drug-likeness (QED) is 0.460. The van der Waals surface area contributed by atoms with Crippen LogP contribution in [0.5, 0.6) is 0 Å². The van der Waals surface area contributed by atoms with Gasteiger partial charge in [-0.15, -0.1) is 18.3 Å². The summed E-state index contributed by atoms with van der Waals surface area (Å²) in [5.41, 5.74) is -0.555. The molecule has 198 valence electrons. The fraction of sp³-hybridized carbons (Fsp3) is 0.815. The van der Waals surface area contributed by atoms with Crippen molar-refractivity contribution in [3.05, 3.63) is 12.7 Å². The predicted molar refractivity (Wildman–Crippen MR) is 139 cm³/mol. The Hall–Kier alpha value is -1.54. The first kappa shape index (κ1) is 28.0. The molecule has 3 saturated heterocycles. The van der Waals surface area contributed by atoms with E-state index in [1.807, 2.05) is 39.5 Å². The van der Waals surface area contributed by atoms with E-state index in [0.29, 0.717) is 19.4 Å². The van der Waals surface area contributed by atoms with Crippen LogP contribution in [0.2, 0.25) is 0 Å². The van der Waals surface area contributed by atoms with Gasteiger partial charge in [0.15, 0.2) is 0 Å². The second-order valence-electron chi connectivity index (χ2n) is 13.1. The van der Waals surface area contributed by atoms with E-state index in [1.54, 1.807) is 11.0 Å². The molecule has 2 amide bonds. The van der Waals surface area contributed by atoms with E-state index in [4.69, 9.17) is 0 Å². The minimum atomic E-state index is -0.978. The summed E-state index contributed by atoms with van der Waals surface area (Å²) < 4.78 is -1.40. The number of likely N-dealkylation sites (tertiary alicyclic amines) is 1. The summed E-state index contributed by atoms with van der Waals surface area (Å²) in [5.74, 6) is -3.17. The average Bonchev–Trinajstić information content (AvgIpc) is 3.25. The van der Waals surface area contributed by atoms with Crippen LogP contribution in [0, 0.1) is 23.2 Å². The van der Waals surface area contributed by atoms with Crippen molar-refractivity contribution in [1.29, 1.82) is 0 Å². The van der Waals surface area contributed by atoms with Crippen LogP contribution in [0.25, 0.3) is 0 Å². The molecular weight excluding hydrogens is 464 g/mol. The molecule has 1 spiro atoms. The Morgan fingerprint density at radius 3 is 2.31 bits per heavy atom. The molecule has 3 fully saturated rings. The van der Waals surface area contributed by atoms with Crippen molar-refractivity contribution >= 4 is 29.5 Å². The Morgan fingerprint density at radius 1 is 1.26 bits per heavy atom. The monoisotopic (exact) mass is 508 g/mol. The Bertz CT molecular complexity index is 896. The molecule has 2 unspecified atom stereocenters. The number of carboxylic acids is 1. The topological polar surface area (TPSA) is 98.2 Å². The molecule has 0 aliphatic carbocycles. The van der Waals surface area contributed by atoms with Gasteiger partial charge in [0.1, 0.15) is 6.04 Å². The van der Waals surface area contributed by atoms with Crippen LogP contribution in [0.4, 0.5) is 0 Å². The van der Waals surface area contributed by atoms with Gasteiger partial charge in [-0.05, 0) is 51.4 Å². The van der Waals surface area contributed by atoms with Crippen molar-refractivity contribution < 1.29 is 24.6 Å². The zero-order valence-corrected chi connectivity index (χ0v) is 23.4. The number of aliphatic hydroxyl groups excluding tert-OH is 1. The van der Waals surface area contributed by atoms with Crippen molar-refractivity contribution in [3.8, 4) is 0 Å². The second-order valence-corrected chi connectivity index (χ2v) is 15.0. The normalized spacial score (nSPS) is 33.3. The number of carbonyl (C=O) groups is 3. The number of thioether (sulfide) groups is 1. The highest BCUT2D eigenvalue weighted by atomic mass is 32.2. The van der Waals surface area contributed by atoms with Gasteiger partial charge in [-0.2, -0.15) is 0 Å². The van der Waals surface area contributed by atoms with Crippen LogP contribution in [-0.4, -0.2) is 78.1 Å². The standard InChI is InChI=1S/C27H44N2O5S/c1-10-13-28(25(7,8)15-24(4,5)6)22(32)20-27-12-11-26(9,35-27)19(23(33)34)18(27)21(31)29(20)17(14-30)16(2)3/h10,16-20,30H,1,11-15H2,2-9H3,(H,33,34)/t17-,18-,19+,20?,26-,27?/m0/s1. The molecule has 35 heavy (non-hydrogen) atoms. The molecule has 3 heterocycles. The number of aliphatic hydroxyl groups is 1. The number of fused-ring (bicyclic) bond motifs is 1. The van der Waals surface area contributed by atoms with E-state index in [1.165, 1.54) is 11.8 Å². The first-order valence-corrected chi connectivity index (χ1v) is 13.6. The summed E-state index contributed by atoms with van der Waals surface area (Å²) in [6, 6.07) is -1.38. The molecule has 0 aromatic rings. The Balaban J connectivity index is 2.18. The Labute approximate surface area is 214 Å². The average molecular weight is 509 g/mol. The third kappa shape index (κ3) is 4.43. The molecule has 2 bridgehead atoms. The fourth-order valence-electron chi connectivity index (χ4n) is 7.30. The van der Waals surface area contributed by atoms with Crippen molar-refractivity contribution in [2.45, 2.75) is 102 Å². The number of nitrogens with zero attached hydrogens (tertiary/aromatic N) is 2.